The Bertz CT molecular complexity index is 928. The number of nitrogens with one attached hydrogen (secondary N) is 1. The minimum Gasteiger partial charge on any atom is -0.375 e. The first-order valence-corrected chi connectivity index (χ1v) is 9.59. The van der Waals surface area contributed by atoms with Crippen LogP contribution in [0, 0.1) is 0 Å². The fraction of sp³-hybridized carbons (Fsp3) is 0.364. The van der Waals surface area contributed by atoms with Crippen LogP contribution in [-0.4, -0.2) is 54.5 Å². The molecule has 0 unspecified atom stereocenters. The van der Waals surface area contributed by atoms with E-state index in [9.17, 15) is 4.79 Å². The molecule has 4 rings (SSSR count). The Morgan fingerprint density at radius 2 is 2.21 bits per heavy atom. The zero-order valence-electron chi connectivity index (χ0n) is 16.7. The van der Waals surface area contributed by atoms with Crippen molar-refractivity contribution in [2.24, 2.45) is 4.99 Å². The number of fused-ring (bicyclic) bond motifs is 3. The molecule has 0 aromatic heterocycles. The highest BCUT2D eigenvalue weighted by atomic mass is 16.5. The number of methoxy groups -OCH3 is 1. The van der Waals surface area contributed by atoms with Crippen molar-refractivity contribution in [3.05, 3.63) is 59.4 Å². The molecule has 6 nitrogen and oxygen atoms in total. The predicted octanol–water partition coefficient (Wildman–Crippen LogP) is 2.60. The molecule has 146 valence electrons. The molecule has 1 aromatic rings. The highest BCUT2D eigenvalue weighted by Gasteiger charge is 2.30. The van der Waals surface area contributed by atoms with Gasteiger partial charge in [0, 0.05) is 31.5 Å². The van der Waals surface area contributed by atoms with E-state index in [0.717, 1.165) is 34.8 Å². The largest absolute Gasteiger partial charge is 0.375 e. The third kappa shape index (κ3) is 3.14. The van der Waals surface area contributed by atoms with E-state index in [-0.39, 0.29) is 18.6 Å². The second-order valence-electron chi connectivity index (χ2n) is 7.38. The van der Waals surface area contributed by atoms with Gasteiger partial charge in [-0.2, -0.15) is 0 Å². The second-order valence-corrected chi connectivity index (χ2v) is 7.38. The number of nitrogens with zero attached hydrogens (tertiary/aromatic N) is 3. The van der Waals surface area contributed by atoms with E-state index in [1.807, 2.05) is 42.0 Å². The van der Waals surface area contributed by atoms with Gasteiger partial charge in [0.05, 0.1) is 24.2 Å². The second kappa shape index (κ2) is 7.28. The van der Waals surface area contributed by atoms with Crippen LogP contribution in [0.2, 0.25) is 0 Å². The molecule has 0 fully saturated rings. The molecule has 1 aromatic carbocycles. The van der Waals surface area contributed by atoms with Gasteiger partial charge < -0.3 is 19.9 Å². The minimum atomic E-state index is -0.0179. The Morgan fingerprint density at radius 1 is 1.39 bits per heavy atom. The molecule has 1 amide bonds. The van der Waals surface area contributed by atoms with Crippen molar-refractivity contribution in [2.75, 3.05) is 26.9 Å². The summed E-state index contributed by atoms with van der Waals surface area (Å²) in [6, 6.07) is 6.23. The lowest BCUT2D eigenvalue weighted by molar-refractivity contribution is -0.126. The molecule has 3 heterocycles. The van der Waals surface area contributed by atoms with Crippen molar-refractivity contribution < 1.29 is 9.53 Å². The Hall–Kier alpha value is -2.86. The standard InChI is InChI=1S/C22H26N4O2/c1-14(2)16-6-5-7-18-17(16)8-9-26-20(18)10-21(23-11-22(26)27)25-12-19(24-13-25)15(3)28-4/h5-7,10,12,15,24H,1,8-9,11,13H2,2-4H3/t15-/m1/s1. The predicted molar refractivity (Wildman–Crippen MR) is 111 cm³/mol. The molecule has 0 saturated heterocycles. The normalized spacial score (nSPS) is 19.7. The summed E-state index contributed by atoms with van der Waals surface area (Å²) in [5, 5.41) is 3.34. The summed E-state index contributed by atoms with van der Waals surface area (Å²) in [6.45, 7) is 9.59. The average molecular weight is 378 g/mol. The van der Waals surface area contributed by atoms with Crippen LogP contribution in [0.5, 0.6) is 0 Å². The number of benzene rings is 1. The summed E-state index contributed by atoms with van der Waals surface area (Å²) < 4.78 is 5.40. The molecule has 1 N–H and O–H groups in total. The van der Waals surface area contributed by atoms with Crippen LogP contribution in [0.25, 0.3) is 11.3 Å². The summed E-state index contributed by atoms with van der Waals surface area (Å²) in [5.41, 5.74) is 6.50. The van der Waals surface area contributed by atoms with E-state index in [0.29, 0.717) is 13.2 Å². The molecule has 0 bridgehead atoms. The van der Waals surface area contributed by atoms with Crippen LogP contribution in [-0.2, 0) is 16.0 Å². The fourth-order valence-electron chi connectivity index (χ4n) is 3.93. The number of ether oxygens (including phenoxy) is 1. The van der Waals surface area contributed by atoms with E-state index < -0.39 is 0 Å². The Balaban J connectivity index is 1.76. The highest BCUT2D eigenvalue weighted by Crippen LogP contribution is 2.34. The molecule has 3 aliphatic heterocycles. The SMILES string of the molecule is C=C(C)c1cccc2c1CCN1C(=O)CN=C(N3C=C([C@@H](C)OC)NC3)C=C21. The van der Waals surface area contributed by atoms with Crippen molar-refractivity contribution in [1.82, 2.24) is 15.1 Å². The zero-order valence-corrected chi connectivity index (χ0v) is 16.7. The monoisotopic (exact) mass is 378 g/mol. The number of amidine groups is 1. The van der Waals surface area contributed by atoms with E-state index in [4.69, 9.17) is 4.74 Å². The maximum atomic E-state index is 12.7. The lowest BCUT2D eigenvalue weighted by Crippen LogP contribution is -2.36. The molecule has 0 aliphatic carbocycles. The molecule has 0 spiro atoms. The Labute approximate surface area is 165 Å². The van der Waals surface area contributed by atoms with Gasteiger partial charge in [0.1, 0.15) is 12.4 Å². The maximum absolute atomic E-state index is 12.7. The summed E-state index contributed by atoms with van der Waals surface area (Å²) in [7, 11) is 1.69. The van der Waals surface area contributed by atoms with Crippen molar-refractivity contribution in [3.8, 4) is 0 Å². The smallest absolute Gasteiger partial charge is 0.248 e. The van der Waals surface area contributed by atoms with E-state index >= 15 is 0 Å². The zero-order chi connectivity index (χ0) is 19.8. The number of hydrogen-bond donors (Lipinski definition) is 1. The van der Waals surface area contributed by atoms with Gasteiger partial charge in [-0.05, 0) is 31.4 Å². The van der Waals surface area contributed by atoms with Crippen molar-refractivity contribution >= 4 is 23.0 Å². The van der Waals surface area contributed by atoms with Crippen LogP contribution in [0.3, 0.4) is 0 Å². The molecule has 1 atom stereocenters. The van der Waals surface area contributed by atoms with Crippen LogP contribution in [0.15, 0.2) is 47.7 Å². The van der Waals surface area contributed by atoms with Gasteiger partial charge in [0.15, 0.2) is 0 Å². The van der Waals surface area contributed by atoms with Crippen LogP contribution >= 0.6 is 0 Å². The molecule has 0 radical (unpaired) electrons. The molecule has 0 saturated carbocycles. The van der Waals surface area contributed by atoms with E-state index in [1.165, 1.54) is 11.1 Å². The molecule has 3 aliphatic rings. The molecule has 6 heteroatoms. The van der Waals surface area contributed by atoms with Crippen molar-refractivity contribution in [2.45, 2.75) is 26.4 Å². The quantitative estimate of drug-likeness (QED) is 0.878. The van der Waals surface area contributed by atoms with Gasteiger partial charge >= 0.3 is 0 Å². The van der Waals surface area contributed by atoms with Gasteiger partial charge in [-0.15, -0.1) is 0 Å². The first kappa shape index (κ1) is 18.5. The van der Waals surface area contributed by atoms with Crippen molar-refractivity contribution in [3.63, 3.8) is 0 Å². The number of rotatable bonds is 3. The minimum absolute atomic E-state index is 0.0179. The molecular formula is C22H26N4O2. The van der Waals surface area contributed by atoms with Crippen LogP contribution < -0.4 is 5.32 Å². The first-order valence-electron chi connectivity index (χ1n) is 9.59. The number of aliphatic imine (C=N–C) groups is 1. The van der Waals surface area contributed by atoms with E-state index in [1.54, 1.807) is 7.11 Å². The van der Waals surface area contributed by atoms with Gasteiger partial charge in [-0.3, -0.25) is 9.79 Å². The van der Waals surface area contributed by atoms with Gasteiger partial charge in [-0.1, -0.05) is 30.4 Å². The summed E-state index contributed by atoms with van der Waals surface area (Å²) in [4.78, 5) is 21.2. The van der Waals surface area contributed by atoms with E-state index in [2.05, 4.69) is 29.0 Å². The lowest BCUT2D eigenvalue weighted by atomic mass is 9.89. The third-order valence-electron chi connectivity index (χ3n) is 5.57. The summed E-state index contributed by atoms with van der Waals surface area (Å²) in [6.07, 6.45) is 4.86. The maximum Gasteiger partial charge on any atom is 0.248 e. The number of carbonyl (C=O) groups is 1. The molecule has 28 heavy (non-hydrogen) atoms. The highest BCUT2D eigenvalue weighted by molar-refractivity contribution is 6.06. The van der Waals surface area contributed by atoms with Crippen LogP contribution in [0.1, 0.15) is 30.5 Å². The number of carbonyl (C=O) groups excluding carboxylic acids is 1. The lowest BCUT2D eigenvalue weighted by Gasteiger charge is -2.32. The molecular weight excluding hydrogens is 352 g/mol. The third-order valence-corrected chi connectivity index (χ3v) is 5.57. The summed E-state index contributed by atoms with van der Waals surface area (Å²) >= 11 is 0. The van der Waals surface area contributed by atoms with Gasteiger partial charge in [0.2, 0.25) is 5.91 Å². The van der Waals surface area contributed by atoms with Gasteiger partial charge in [0.25, 0.3) is 0 Å². The van der Waals surface area contributed by atoms with Crippen molar-refractivity contribution in [1.29, 1.82) is 0 Å². The average Bonchev–Trinajstić information content (AvgIpc) is 3.12. The number of hydrogen-bond acceptors (Lipinski definition) is 5. The summed E-state index contributed by atoms with van der Waals surface area (Å²) in [5.74, 6) is 0.819. The topological polar surface area (TPSA) is 57.2 Å². The number of allylic oxidation sites excluding steroid dienone is 1. The first-order chi connectivity index (χ1) is 13.5. The fourth-order valence-corrected chi connectivity index (χ4v) is 3.93. The Kier molecular flexibility index (Phi) is 4.81. The van der Waals surface area contributed by atoms with Gasteiger partial charge in [-0.25, -0.2) is 0 Å². The number of amides is 1. The van der Waals surface area contributed by atoms with Crippen LogP contribution in [0.4, 0.5) is 0 Å². The Morgan fingerprint density at radius 3 is 2.96 bits per heavy atom.